The van der Waals surface area contributed by atoms with E-state index in [4.69, 9.17) is 10.5 Å². The molecule has 4 aromatic heterocycles. The van der Waals surface area contributed by atoms with Gasteiger partial charge in [0, 0.05) is 52.7 Å². The number of hydrogen-bond acceptors (Lipinski definition) is 6. The lowest BCUT2D eigenvalue weighted by atomic mass is 10.0. The van der Waals surface area contributed by atoms with Crippen LogP contribution in [0.1, 0.15) is 16.9 Å². The predicted octanol–water partition coefficient (Wildman–Crippen LogP) is 6.16. The highest BCUT2D eigenvalue weighted by atomic mass is 32.1. The van der Waals surface area contributed by atoms with Gasteiger partial charge in [0.15, 0.2) is 0 Å². The molecule has 0 atom stereocenters. The monoisotopic (exact) mass is 482 g/mol. The molecule has 0 bridgehead atoms. The first kappa shape index (κ1) is 22.8. The molecule has 0 unspecified atom stereocenters. The molecule has 0 amide bonds. The van der Waals surface area contributed by atoms with Crippen LogP contribution < -0.4 is 5.73 Å². The number of nitrogen functional groups attached to an aromatic ring is 1. The van der Waals surface area contributed by atoms with Gasteiger partial charge in [0.25, 0.3) is 0 Å². The number of rotatable bonds is 9. The van der Waals surface area contributed by atoms with Crippen molar-refractivity contribution in [3.8, 4) is 21.6 Å². The summed E-state index contributed by atoms with van der Waals surface area (Å²) < 4.78 is 7.41. The maximum atomic E-state index is 5.98. The standard InChI is InChI=1S/C27H26N6OS/c1-4-6-8-17-13-24(35-23(17)5-2)20-12-18(11-19-14-30-32-25(19)20)21-16-33(9-7-10-34-3)22-15-29-27(28)31-26(21)22/h4-6,8,11-16H,1-2,7,9-10H2,3H3,(H,30,32)(H2,28,29,31)/b8-6-. The molecule has 3 N–H and O–H groups in total. The highest BCUT2D eigenvalue weighted by Gasteiger charge is 2.17. The summed E-state index contributed by atoms with van der Waals surface area (Å²) in [4.78, 5) is 11.1. The number of allylic oxidation sites excluding steroid dienone is 2. The molecule has 0 aliphatic rings. The number of fused-ring (bicyclic) bond motifs is 2. The normalized spacial score (nSPS) is 11.7. The second-order valence-electron chi connectivity index (χ2n) is 8.13. The zero-order chi connectivity index (χ0) is 24.4. The van der Waals surface area contributed by atoms with Crippen LogP contribution in [0.2, 0.25) is 0 Å². The largest absolute Gasteiger partial charge is 0.385 e. The average molecular weight is 483 g/mol. The molecule has 0 spiro atoms. The summed E-state index contributed by atoms with van der Waals surface area (Å²) >= 11 is 1.69. The Hall–Kier alpha value is -4.01. The quantitative estimate of drug-likeness (QED) is 0.194. The number of ether oxygens (including phenoxy) is 1. The van der Waals surface area contributed by atoms with E-state index in [-0.39, 0.29) is 5.95 Å². The van der Waals surface area contributed by atoms with Crippen LogP contribution >= 0.6 is 11.3 Å². The van der Waals surface area contributed by atoms with E-state index in [0.29, 0.717) is 6.61 Å². The molecule has 0 fully saturated rings. The van der Waals surface area contributed by atoms with Crippen LogP contribution in [0.5, 0.6) is 0 Å². The number of nitrogens with zero attached hydrogens (tertiary/aromatic N) is 4. The van der Waals surface area contributed by atoms with Crippen molar-refractivity contribution in [1.29, 1.82) is 0 Å². The molecule has 7 nitrogen and oxygen atoms in total. The molecule has 0 aliphatic carbocycles. The third-order valence-electron chi connectivity index (χ3n) is 5.90. The van der Waals surface area contributed by atoms with Gasteiger partial charge in [-0.3, -0.25) is 5.10 Å². The summed E-state index contributed by atoms with van der Waals surface area (Å²) in [5.74, 6) is 0.255. The SMILES string of the molecule is C=C/C=C\c1cc(-c2cc(-c3cn(CCCOC)c4cnc(N)nc34)cc3cn[nH]c23)sc1C=C. The molecule has 4 heterocycles. The minimum atomic E-state index is 0.255. The number of H-pyrrole nitrogens is 1. The molecule has 0 saturated carbocycles. The third-order valence-corrected chi connectivity index (χ3v) is 7.08. The highest BCUT2D eigenvalue weighted by Crippen LogP contribution is 2.40. The van der Waals surface area contributed by atoms with Gasteiger partial charge >= 0.3 is 0 Å². The van der Waals surface area contributed by atoms with Gasteiger partial charge in [-0.15, -0.1) is 11.3 Å². The van der Waals surface area contributed by atoms with Crippen molar-refractivity contribution in [3.63, 3.8) is 0 Å². The number of methoxy groups -OCH3 is 1. The van der Waals surface area contributed by atoms with Gasteiger partial charge in [0.1, 0.15) is 5.52 Å². The fourth-order valence-corrected chi connectivity index (χ4v) is 5.30. The maximum Gasteiger partial charge on any atom is 0.220 e. The molecule has 35 heavy (non-hydrogen) atoms. The van der Waals surface area contributed by atoms with Crippen molar-refractivity contribution in [3.05, 3.63) is 72.5 Å². The molecule has 1 aromatic carbocycles. The van der Waals surface area contributed by atoms with Crippen molar-refractivity contribution < 1.29 is 4.74 Å². The Bertz CT molecular complexity index is 1570. The highest BCUT2D eigenvalue weighted by molar-refractivity contribution is 7.16. The molecule has 8 heteroatoms. The Morgan fingerprint density at radius 2 is 2.09 bits per heavy atom. The van der Waals surface area contributed by atoms with Crippen LogP contribution in [0.15, 0.2) is 62.1 Å². The molecule has 0 saturated heterocycles. The second kappa shape index (κ2) is 9.69. The number of aromatic nitrogens is 5. The van der Waals surface area contributed by atoms with Crippen LogP contribution in [0, 0.1) is 0 Å². The van der Waals surface area contributed by atoms with Gasteiger partial charge in [-0.05, 0) is 35.7 Å². The number of nitrogens with two attached hydrogens (primary N) is 1. The predicted molar refractivity (Wildman–Crippen MR) is 146 cm³/mol. The summed E-state index contributed by atoms with van der Waals surface area (Å²) in [6.07, 6.45) is 14.3. The van der Waals surface area contributed by atoms with Crippen molar-refractivity contribution in [2.75, 3.05) is 19.5 Å². The summed E-state index contributed by atoms with van der Waals surface area (Å²) in [6, 6.07) is 6.50. The molecule has 0 aliphatic heterocycles. The van der Waals surface area contributed by atoms with Crippen LogP contribution in [-0.2, 0) is 11.3 Å². The first-order chi connectivity index (χ1) is 17.1. The molecule has 0 radical (unpaired) electrons. The van der Waals surface area contributed by atoms with Crippen LogP contribution in [0.4, 0.5) is 5.95 Å². The van der Waals surface area contributed by atoms with Gasteiger partial charge < -0.3 is 15.0 Å². The van der Waals surface area contributed by atoms with E-state index in [1.807, 2.05) is 24.4 Å². The Balaban J connectivity index is 1.69. The molecular formula is C27H26N6OS. The zero-order valence-corrected chi connectivity index (χ0v) is 20.3. The number of hydrogen-bond donors (Lipinski definition) is 2. The van der Waals surface area contributed by atoms with E-state index in [0.717, 1.165) is 66.9 Å². The van der Waals surface area contributed by atoms with E-state index < -0.39 is 0 Å². The molecular weight excluding hydrogens is 456 g/mol. The van der Waals surface area contributed by atoms with Crippen LogP contribution in [0.3, 0.4) is 0 Å². The molecule has 5 rings (SSSR count). The van der Waals surface area contributed by atoms with Crippen LogP contribution in [0.25, 0.3) is 55.7 Å². The lowest BCUT2D eigenvalue weighted by molar-refractivity contribution is 0.190. The number of thiophene rings is 1. The van der Waals surface area contributed by atoms with E-state index in [1.54, 1.807) is 30.7 Å². The minimum absolute atomic E-state index is 0.255. The minimum Gasteiger partial charge on any atom is -0.385 e. The summed E-state index contributed by atoms with van der Waals surface area (Å²) in [5.41, 5.74) is 13.0. The molecule has 176 valence electrons. The van der Waals surface area contributed by atoms with Crippen LogP contribution in [-0.4, -0.2) is 38.4 Å². The maximum absolute atomic E-state index is 5.98. The Labute approximate surface area is 207 Å². The van der Waals surface area contributed by atoms with E-state index in [1.165, 1.54) is 0 Å². The van der Waals surface area contributed by atoms with Crippen molar-refractivity contribution in [2.24, 2.45) is 0 Å². The van der Waals surface area contributed by atoms with Crippen molar-refractivity contribution in [1.82, 2.24) is 24.7 Å². The number of nitrogens with one attached hydrogen (secondary N) is 1. The Kier molecular flexibility index (Phi) is 6.31. The fraction of sp³-hybridized carbons (Fsp3) is 0.148. The number of benzene rings is 1. The fourth-order valence-electron chi connectivity index (χ4n) is 4.28. The Morgan fingerprint density at radius 3 is 2.89 bits per heavy atom. The topological polar surface area (TPSA) is 94.6 Å². The third kappa shape index (κ3) is 4.29. The second-order valence-corrected chi connectivity index (χ2v) is 9.22. The number of anilines is 1. The van der Waals surface area contributed by atoms with Gasteiger partial charge in [0.05, 0.1) is 23.4 Å². The zero-order valence-electron chi connectivity index (χ0n) is 19.5. The van der Waals surface area contributed by atoms with E-state index in [9.17, 15) is 0 Å². The molecule has 5 aromatic rings. The summed E-state index contributed by atoms with van der Waals surface area (Å²) in [7, 11) is 1.71. The van der Waals surface area contributed by atoms with Gasteiger partial charge in [-0.2, -0.15) is 5.10 Å². The van der Waals surface area contributed by atoms with Gasteiger partial charge in [0.2, 0.25) is 5.95 Å². The lowest BCUT2D eigenvalue weighted by Crippen LogP contribution is -2.01. The van der Waals surface area contributed by atoms with Gasteiger partial charge in [-0.25, -0.2) is 9.97 Å². The summed E-state index contributed by atoms with van der Waals surface area (Å²) in [6.45, 7) is 9.25. The van der Waals surface area contributed by atoms with E-state index >= 15 is 0 Å². The first-order valence-electron chi connectivity index (χ1n) is 11.3. The number of aryl methyl sites for hydroxylation is 1. The van der Waals surface area contributed by atoms with Gasteiger partial charge in [-0.1, -0.05) is 37.5 Å². The smallest absolute Gasteiger partial charge is 0.220 e. The van der Waals surface area contributed by atoms with Crippen molar-refractivity contribution >= 4 is 51.4 Å². The van der Waals surface area contributed by atoms with E-state index in [2.05, 4.69) is 62.3 Å². The number of aromatic amines is 1. The Morgan fingerprint density at radius 1 is 1.20 bits per heavy atom. The first-order valence-corrected chi connectivity index (χ1v) is 12.1. The summed E-state index contributed by atoms with van der Waals surface area (Å²) in [5, 5.41) is 8.52. The van der Waals surface area contributed by atoms with Crippen molar-refractivity contribution in [2.45, 2.75) is 13.0 Å². The average Bonchev–Trinajstić information content (AvgIpc) is 3.59. The lowest BCUT2D eigenvalue weighted by Gasteiger charge is -2.06.